The standard InChI is InChI=1S/C12H11NO3/c1-7-9(12(14)15)6-8-4-3-5-10(16-2)11(8)13-7/h3-6H,1-2H3,(H,14,15). The summed E-state index contributed by atoms with van der Waals surface area (Å²) in [4.78, 5) is 15.2. The van der Waals surface area contributed by atoms with Gasteiger partial charge in [0.1, 0.15) is 11.3 Å². The van der Waals surface area contributed by atoms with E-state index in [2.05, 4.69) is 4.98 Å². The molecule has 0 amide bonds. The smallest absolute Gasteiger partial charge is 0.337 e. The lowest BCUT2D eigenvalue weighted by atomic mass is 10.1. The number of benzene rings is 1. The number of carboxylic acids is 1. The summed E-state index contributed by atoms with van der Waals surface area (Å²) >= 11 is 0. The Balaban J connectivity index is 2.78. The maximum absolute atomic E-state index is 10.9. The first-order valence-corrected chi connectivity index (χ1v) is 4.81. The maximum atomic E-state index is 10.9. The number of aromatic nitrogens is 1. The number of hydrogen-bond donors (Lipinski definition) is 1. The SMILES string of the molecule is COc1cccc2cc(C(=O)O)c(C)nc12. The van der Waals surface area contributed by atoms with Gasteiger partial charge in [-0.1, -0.05) is 12.1 Å². The molecule has 1 aromatic carbocycles. The Labute approximate surface area is 92.5 Å². The van der Waals surface area contributed by atoms with Crippen LogP contribution in [-0.4, -0.2) is 23.2 Å². The molecule has 0 aliphatic heterocycles. The molecule has 0 aliphatic rings. The van der Waals surface area contributed by atoms with Crippen LogP contribution in [0.3, 0.4) is 0 Å². The van der Waals surface area contributed by atoms with Crippen LogP contribution >= 0.6 is 0 Å². The average Bonchev–Trinajstić information content (AvgIpc) is 2.27. The molecule has 1 N–H and O–H groups in total. The van der Waals surface area contributed by atoms with Crippen LogP contribution < -0.4 is 4.74 Å². The molecule has 0 bridgehead atoms. The monoisotopic (exact) mass is 217 g/mol. The van der Waals surface area contributed by atoms with Crippen LogP contribution in [0.1, 0.15) is 16.1 Å². The number of para-hydroxylation sites is 1. The second-order valence-electron chi connectivity index (χ2n) is 3.46. The molecule has 4 heteroatoms. The van der Waals surface area contributed by atoms with Gasteiger partial charge in [-0.05, 0) is 19.1 Å². The Bertz CT molecular complexity index is 563. The van der Waals surface area contributed by atoms with E-state index in [0.29, 0.717) is 17.0 Å². The van der Waals surface area contributed by atoms with Gasteiger partial charge in [-0.25, -0.2) is 9.78 Å². The van der Waals surface area contributed by atoms with Crippen molar-refractivity contribution in [3.05, 3.63) is 35.5 Å². The van der Waals surface area contributed by atoms with Crippen LogP contribution in [-0.2, 0) is 0 Å². The third kappa shape index (κ3) is 1.58. The molecule has 0 unspecified atom stereocenters. The molecule has 0 fully saturated rings. The number of ether oxygens (including phenoxy) is 1. The number of nitrogens with zero attached hydrogens (tertiary/aromatic N) is 1. The third-order valence-corrected chi connectivity index (χ3v) is 2.45. The van der Waals surface area contributed by atoms with Gasteiger partial charge in [0.25, 0.3) is 0 Å². The van der Waals surface area contributed by atoms with Crippen molar-refractivity contribution in [1.29, 1.82) is 0 Å². The molecule has 1 aromatic heterocycles. The molecule has 2 aromatic rings. The molecule has 4 nitrogen and oxygen atoms in total. The number of methoxy groups -OCH3 is 1. The third-order valence-electron chi connectivity index (χ3n) is 2.45. The number of aryl methyl sites for hydroxylation is 1. The van der Waals surface area contributed by atoms with E-state index in [1.54, 1.807) is 26.2 Å². The van der Waals surface area contributed by atoms with E-state index in [0.717, 1.165) is 5.39 Å². The van der Waals surface area contributed by atoms with Gasteiger partial charge in [-0.3, -0.25) is 0 Å². The fourth-order valence-corrected chi connectivity index (χ4v) is 1.64. The Kier molecular flexibility index (Phi) is 2.48. The van der Waals surface area contributed by atoms with E-state index in [1.807, 2.05) is 12.1 Å². The molecule has 0 aliphatic carbocycles. The molecule has 0 spiro atoms. The Morgan fingerprint density at radius 2 is 2.19 bits per heavy atom. The molecule has 0 atom stereocenters. The van der Waals surface area contributed by atoms with Gasteiger partial charge in [-0.2, -0.15) is 0 Å². The average molecular weight is 217 g/mol. The van der Waals surface area contributed by atoms with E-state index >= 15 is 0 Å². The summed E-state index contributed by atoms with van der Waals surface area (Å²) in [5.41, 5.74) is 1.40. The van der Waals surface area contributed by atoms with E-state index < -0.39 is 5.97 Å². The van der Waals surface area contributed by atoms with Gasteiger partial charge in [0.15, 0.2) is 0 Å². The predicted molar refractivity (Wildman–Crippen MR) is 60.0 cm³/mol. The van der Waals surface area contributed by atoms with Crippen molar-refractivity contribution >= 4 is 16.9 Å². The van der Waals surface area contributed by atoms with Crippen LogP contribution in [0.25, 0.3) is 10.9 Å². The van der Waals surface area contributed by atoms with Crippen LogP contribution in [0, 0.1) is 6.92 Å². The Morgan fingerprint density at radius 1 is 1.44 bits per heavy atom. The van der Waals surface area contributed by atoms with Crippen LogP contribution in [0.2, 0.25) is 0 Å². The number of rotatable bonds is 2. The molecule has 0 radical (unpaired) electrons. The number of fused-ring (bicyclic) bond motifs is 1. The first kappa shape index (κ1) is 10.4. The first-order chi connectivity index (χ1) is 7.63. The van der Waals surface area contributed by atoms with Gasteiger partial charge in [-0.15, -0.1) is 0 Å². The Morgan fingerprint density at radius 3 is 2.81 bits per heavy atom. The lowest BCUT2D eigenvalue weighted by Gasteiger charge is -2.07. The van der Waals surface area contributed by atoms with Crippen molar-refractivity contribution in [2.75, 3.05) is 7.11 Å². The molecule has 1 heterocycles. The van der Waals surface area contributed by atoms with Crippen LogP contribution in [0.15, 0.2) is 24.3 Å². The van der Waals surface area contributed by atoms with Crippen molar-refractivity contribution in [3.63, 3.8) is 0 Å². The summed E-state index contributed by atoms with van der Waals surface area (Å²) in [7, 11) is 1.57. The minimum Gasteiger partial charge on any atom is -0.494 e. The Hall–Kier alpha value is -2.10. The summed E-state index contributed by atoms with van der Waals surface area (Å²) in [6.07, 6.45) is 0. The number of aromatic carboxylic acids is 1. The quantitative estimate of drug-likeness (QED) is 0.838. The normalized spacial score (nSPS) is 10.4. The highest BCUT2D eigenvalue weighted by atomic mass is 16.5. The molecular weight excluding hydrogens is 206 g/mol. The predicted octanol–water partition coefficient (Wildman–Crippen LogP) is 2.25. The molecule has 16 heavy (non-hydrogen) atoms. The maximum Gasteiger partial charge on any atom is 0.337 e. The van der Waals surface area contributed by atoms with Gasteiger partial charge in [0, 0.05) is 5.39 Å². The lowest BCUT2D eigenvalue weighted by molar-refractivity contribution is 0.0696. The molecule has 82 valence electrons. The highest BCUT2D eigenvalue weighted by Crippen LogP contribution is 2.25. The van der Waals surface area contributed by atoms with E-state index in [9.17, 15) is 4.79 Å². The van der Waals surface area contributed by atoms with Crippen molar-refractivity contribution in [2.24, 2.45) is 0 Å². The zero-order valence-corrected chi connectivity index (χ0v) is 9.02. The van der Waals surface area contributed by atoms with Crippen molar-refractivity contribution < 1.29 is 14.6 Å². The summed E-state index contributed by atoms with van der Waals surface area (Å²) in [5, 5.41) is 9.75. The van der Waals surface area contributed by atoms with Gasteiger partial charge >= 0.3 is 5.97 Å². The van der Waals surface area contributed by atoms with Crippen molar-refractivity contribution in [1.82, 2.24) is 4.98 Å². The van der Waals surface area contributed by atoms with Crippen molar-refractivity contribution in [3.8, 4) is 5.75 Å². The van der Waals surface area contributed by atoms with Crippen LogP contribution in [0.5, 0.6) is 5.75 Å². The number of hydrogen-bond acceptors (Lipinski definition) is 3. The van der Waals surface area contributed by atoms with Gasteiger partial charge < -0.3 is 9.84 Å². The largest absolute Gasteiger partial charge is 0.494 e. The number of carbonyl (C=O) groups is 1. The molecule has 2 rings (SSSR count). The summed E-state index contributed by atoms with van der Waals surface area (Å²) in [6.45, 7) is 1.68. The van der Waals surface area contributed by atoms with Crippen molar-refractivity contribution in [2.45, 2.75) is 6.92 Å². The van der Waals surface area contributed by atoms with E-state index in [4.69, 9.17) is 9.84 Å². The molecule has 0 saturated heterocycles. The number of carboxylic acid groups (broad SMARTS) is 1. The second-order valence-corrected chi connectivity index (χ2v) is 3.46. The summed E-state index contributed by atoms with van der Waals surface area (Å²) in [5.74, 6) is -0.313. The van der Waals surface area contributed by atoms with E-state index in [1.165, 1.54) is 0 Å². The highest BCUT2D eigenvalue weighted by molar-refractivity contribution is 5.95. The topological polar surface area (TPSA) is 59.4 Å². The van der Waals surface area contributed by atoms with Gasteiger partial charge in [0.2, 0.25) is 0 Å². The number of pyridine rings is 1. The summed E-state index contributed by atoms with van der Waals surface area (Å²) < 4.78 is 5.17. The fraction of sp³-hybridized carbons (Fsp3) is 0.167. The minimum atomic E-state index is -0.963. The zero-order chi connectivity index (χ0) is 11.7. The minimum absolute atomic E-state index is 0.223. The van der Waals surface area contributed by atoms with E-state index in [-0.39, 0.29) is 5.56 Å². The van der Waals surface area contributed by atoms with Gasteiger partial charge in [0.05, 0.1) is 18.4 Å². The lowest BCUT2D eigenvalue weighted by Crippen LogP contribution is -2.02. The second kappa shape index (κ2) is 3.81. The fourth-order valence-electron chi connectivity index (χ4n) is 1.64. The zero-order valence-electron chi connectivity index (χ0n) is 9.02. The molecule has 0 saturated carbocycles. The summed E-state index contributed by atoms with van der Waals surface area (Å²) in [6, 6.07) is 7.04. The van der Waals surface area contributed by atoms with Crippen LogP contribution in [0.4, 0.5) is 0 Å². The highest BCUT2D eigenvalue weighted by Gasteiger charge is 2.11. The molecular formula is C12H11NO3. The first-order valence-electron chi connectivity index (χ1n) is 4.81.